The average molecular weight is 183 g/mol. The van der Waals surface area contributed by atoms with Gasteiger partial charge in [0.25, 0.3) is 0 Å². The van der Waals surface area contributed by atoms with Crippen molar-refractivity contribution in [3.05, 3.63) is 11.4 Å². The van der Waals surface area contributed by atoms with Crippen LogP contribution in [-0.4, -0.2) is 23.6 Å². The maximum atomic E-state index is 9.11. The van der Waals surface area contributed by atoms with Gasteiger partial charge in [-0.05, 0) is 25.3 Å². The van der Waals surface area contributed by atoms with E-state index in [0.29, 0.717) is 5.82 Å². The Labute approximate surface area is 78.5 Å². The lowest BCUT2D eigenvalue weighted by atomic mass is 10.0. The first-order valence-electron chi connectivity index (χ1n) is 4.59. The molecule has 0 radical (unpaired) electrons. The Balaban J connectivity index is 2.56. The zero-order valence-electron chi connectivity index (χ0n) is 8.12. The second-order valence-electron chi connectivity index (χ2n) is 3.27. The number of nitrogens with one attached hydrogen (secondary N) is 1. The van der Waals surface area contributed by atoms with Crippen LogP contribution in [0.25, 0.3) is 0 Å². The predicted octanol–water partition coefficient (Wildman–Crippen LogP) is 0.338. The van der Waals surface area contributed by atoms with E-state index in [1.807, 2.05) is 0 Å². The van der Waals surface area contributed by atoms with Gasteiger partial charge in [0.05, 0.1) is 0 Å². The van der Waals surface area contributed by atoms with Crippen molar-refractivity contribution in [3.8, 4) is 0 Å². The van der Waals surface area contributed by atoms with Crippen LogP contribution in [0.4, 0.5) is 0 Å². The Morgan fingerprint density at radius 1 is 1.85 bits per heavy atom. The average Bonchev–Trinajstić information content (AvgIpc) is 2.07. The van der Waals surface area contributed by atoms with Crippen LogP contribution < -0.4 is 11.1 Å². The van der Waals surface area contributed by atoms with Crippen LogP contribution in [0.15, 0.2) is 16.4 Å². The molecule has 0 fully saturated rings. The number of aliphatic hydroxyl groups excluding tert-OH is 1. The third-order valence-corrected chi connectivity index (χ3v) is 2.10. The van der Waals surface area contributed by atoms with Crippen LogP contribution in [0.5, 0.6) is 0 Å². The molecule has 0 spiro atoms. The lowest BCUT2D eigenvalue weighted by molar-refractivity contribution is 0.150. The molecular formula is C9H17N3O. The SMILES string of the molecule is CCC1=C(N)N=CC(NC(C)O)C1. The molecule has 0 saturated carbocycles. The molecule has 1 rings (SSSR count). The Kier molecular flexibility index (Phi) is 3.45. The van der Waals surface area contributed by atoms with Crippen molar-refractivity contribution in [1.29, 1.82) is 0 Å². The molecule has 0 amide bonds. The van der Waals surface area contributed by atoms with Crippen molar-refractivity contribution in [3.63, 3.8) is 0 Å². The molecule has 1 aliphatic heterocycles. The van der Waals surface area contributed by atoms with E-state index in [-0.39, 0.29) is 6.04 Å². The summed E-state index contributed by atoms with van der Waals surface area (Å²) >= 11 is 0. The molecule has 0 aliphatic carbocycles. The van der Waals surface area contributed by atoms with Crippen molar-refractivity contribution in [2.45, 2.75) is 39.0 Å². The Hall–Kier alpha value is -0.870. The fourth-order valence-electron chi connectivity index (χ4n) is 1.42. The minimum atomic E-state index is -0.506. The highest BCUT2D eigenvalue weighted by atomic mass is 16.3. The summed E-state index contributed by atoms with van der Waals surface area (Å²) in [6.45, 7) is 3.75. The summed E-state index contributed by atoms with van der Waals surface area (Å²) in [4.78, 5) is 4.08. The maximum absolute atomic E-state index is 9.11. The van der Waals surface area contributed by atoms with E-state index >= 15 is 0 Å². The summed E-state index contributed by atoms with van der Waals surface area (Å²) in [6.07, 6.45) is 3.01. The first-order valence-corrected chi connectivity index (χ1v) is 4.59. The zero-order valence-corrected chi connectivity index (χ0v) is 8.12. The quantitative estimate of drug-likeness (QED) is 0.552. The minimum Gasteiger partial charge on any atom is -0.384 e. The normalized spacial score (nSPS) is 25.0. The van der Waals surface area contributed by atoms with Gasteiger partial charge in [-0.2, -0.15) is 0 Å². The molecule has 2 atom stereocenters. The molecule has 0 aromatic carbocycles. The lowest BCUT2D eigenvalue weighted by Gasteiger charge is -2.21. The topological polar surface area (TPSA) is 70.6 Å². The van der Waals surface area contributed by atoms with Crippen LogP contribution in [0.2, 0.25) is 0 Å². The maximum Gasteiger partial charge on any atom is 0.122 e. The van der Waals surface area contributed by atoms with E-state index in [9.17, 15) is 0 Å². The molecule has 4 heteroatoms. The highest BCUT2D eigenvalue weighted by Gasteiger charge is 2.15. The summed E-state index contributed by atoms with van der Waals surface area (Å²) in [7, 11) is 0. The van der Waals surface area contributed by atoms with Gasteiger partial charge in [0.15, 0.2) is 0 Å². The van der Waals surface area contributed by atoms with Gasteiger partial charge in [-0.3, -0.25) is 5.32 Å². The second-order valence-corrected chi connectivity index (χ2v) is 3.27. The number of nitrogens with two attached hydrogens (primary N) is 1. The third kappa shape index (κ3) is 2.82. The molecule has 4 N–H and O–H groups in total. The van der Waals surface area contributed by atoms with Gasteiger partial charge >= 0.3 is 0 Å². The van der Waals surface area contributed by atoms with Crippen LogP contribution in [0.3, 0.4) is 0 Å². The molecule has 1 aliphatic rings. The molecular weight excluding hydrogens is 166 g/mol. The second kappa shape index (κ2) is 4.39. The largest absolute Gasteiger partial charge is 0.384 e. The number of nitrogens with zero attached hydrogens (tertiary/aromatic N) is 1. The fraction of sp³-hybridized carbons (Fsp3) is 0.667. The zero-order chi connectivity index (χ0) is 9.84. The molecule has 0 bridgehead atoms. The fourth-order valence-corrected chi connectivity index (χ4v) is 1.42. The third-order valence-electron chi connectivity index (χ3n) is 2.10. The molecule has 13 heavy (non-hydrogen) atoms. The standard InChI is InChI=1S/C9H17N3O/c1-3-7-4-8(12-6(2)13)5-11-9(7)10/h5-6,8,12-13H,3-4,10H2,1-2H3. The van der Waals surface area contributed by atoms with Gasteiger partial charge in [-0.25, -0.2) is 4.99 Å². The molecule has 0 aromatic rings. The van der Waals surface area contributed by atoms with Crippen molar-refractivity contribution in [1.82, 2.24) is 5.32 Å². The van der Waals surface area contributed by atoms with E-state index in [1.54, 1.807) is 13.1 Å². The number of hydrogen-bond donors (Lipinski definition) is 3. The van der Waals surface area contributed by atoms with Crippen LogP contribution in [0.1, 0.15) is 26.7 Å². The first kappa shape index (κ1) is 10.2. The molecule has 74 valence electrons. The lowest BCUT2D eigenvalue weighted by Crippen LogP contribution is -2.39. The van der Waals surface area contributed by atoms with E-state index in [0.717, 1.165) is 18.4 Å². The Morgan fingerprint density at radius 3 is 3.08 bits per heavy atom. The van der Waals surface area contributed by atoms with Crippen molar-refractivity contribution >= 4 is 6.21 Å². The summed E-state index contributed by atoms with van der Waals surface area (Å²) in [5, 5.41) is 12.1. The highest BCUT2D eigenvalue weighted by molar-refractivity contribution is 5.68. The van der Waals surface area contributed by atoms with Gasteiger partial charge in [-0.1, -0.05) is 6.92 Å². The first-order chi connectivity index (χ1) is 6.13. The van der Waals surface area contributed by atoms with E-state index in [2.05, 4.69) is 17.2 Å². The van der Waals surface area contributed by atoms with Gasteiger partial charge < -0.3 is 10.8 Å². The van der Waals surface area contributed by atoms with Crippen LogP contribution >= 0.6 is 0 Å². The van der Waals surface area contributed by atoms with E-state index in [4.69, 9.17) is 10.8 Å². The highest BCUT2D eigenvalue weighted by Crippen LogP contribution is 2.16. The van der Waals surface area contributed by atoms with Gasteiger partial charge in [-0.15, -0.1) is 0 Å². The Morgan fingerprint density at radius 2 is 2.54 bits per heavy atom. The smallest absolute Gasteiger partial charge is 0.122 e. The number of aliphatic hydroxyl groups is 1. The molecule has 0 saturated heterocycles. The van der Waals surface area contributed by atoms with Gasteiger partial charge in [0.2, 0.25) is 0 Å². The van der Waals surface area contributed by atoms with E-state index in [1.165, 1.54) is 0 Å². The predicted molar refractivity (Wildman–Crippen MR) is 53.2 cm³/mol. The van der Waals surface area contributed by atoms with Crippen LogP contribution in [0, 0.1) is 0 Å². The van der Waals surface area contributed by atoms with Gasteiger partial charge in [0.1, 0.15) is 12.0 Å². The number of aliphatic imine (C=N–C) groups is 1. The molecule has 0 aromatic heterocycles. The summed E-state index contributed by atoms with van der Waals surface area (Å²) < 4.78 is 0. The molecule has 1 heterocycles. The van der Waals surface area contributed by atoms with E-state index < -0.39 is 6.23 Å². The summed E-state index contributed by atoms with van der Waals surface area (Å²) in [6, 6.07) is 0.113. The number of rotatable bonds is 3. The Bertz CT molecular complexity index is 233. The number of hydrogen-bond acceptors (Lipinski definition) is 4. The van der Waals surface area contributed by atoms with Crippen molar-refractivity contribution < 1.29 is 5.11 Å². The van der Waals surface area contributed by atoms with Crippen molar-refractivity contribution in [2.24, 2.45) is 10.7 Å². The van der Waals surface area contributed by atoms with Crippen molar-refractivity contribution in [2.75, 3.05) is 0 Å². The monoisotopic (exact) mass is 183 g/mol. The molecule has 2 unspecified atom stereocenters. The van der Waals surface area contributed by atoms with Crippen LogP contribution in [-0.2, 0) is 0 Å². The minimum absolute atomic E-state index is 0.113. The summed E-state index contributed by atoms with van der Waals surface area (Å²) in [5.74, 6) is 0.631. The van der Waals surface area contributed by atoms with Gasteiger partial charge in [0, 0.05) is 12.3 Å². The molecule has 4 nitrogen and oxygen atoms in total. The summed E-state index contributed by atoms with van der Waals surface area (Å²) in [5.41, 5.74) is 6.83.